The second kappa shape index (κ2) is 28.6. The summed E-state index contributed by atoms with van der Waals surface area (Å²) in [5.41, 5.74) is 27.6. The van der Waals surface area contributed by atoms with Crippen LogP contribution in [0.2, 0.25) is 0 Å². The molecule has 0 saturated heterocycles. The van der Waals surface area contributed by atoms with Crippen molar-refractivity contribution in [3.8, 4) is 77.9 Å². The van der Waals surface area contributed by atoms with E-state index in [1.807, 2.05) is 23.5 Å². The van der Waals surface area contributed by atoms with E-state index < -0.39 is 0 Å². The lowest BCUT2D eigenvalue weighted by molar-refractivity contribution is 0.670. The molecule has 4 heterocycles. The van der Waals surface area contributed by atoms with Gasteiger partial charge in [0.05, 0.1) is 0 Å². The molecular formula is C120H72N2O3S. The summed E-state index contributed by atoms with van der Waals surface area (Å²) in [4.78, 5) is 4.78. The minimum absolute atomic E-state index is 0.868. The van der Waals surface area contributed by atoms with Crippen molar-refractivity contribution >= 4 is 196 Å². The molecule has 26 aromatic rings. The summed E-state index contributed by atoms with van der Waals surface area (Å²) < 4.78 is 22.6. The van der Waals surface area contributed by atoms with Crippen molar-refractivity contribution in [3.63, 3.8) is 0 Å². The fraction of sp³-hybridized carbons (Fsp3) is 0. The molecule has 586 valence electrons. The molecule has 0 bridgehead atoms. The first-order valence-electron chi connectivity index (χ1n) is 43.0. The van der Waals surface area contributed by atoms with Crippen LogP contribution in [0.15, 0.2) is 450 Å². The summed E-state index contributed by atoms with van der Waals surface area (Å²) in [5.74, 6) is 0. The molecule has 0 aliphatic heterocycles. The number of benzene rings is 22. The Morgan fingerprint density at radius 2 is 0.540 bits per heavy atom. The highest BCUT2D eigenvalue weighted by Gasteiger charge is 2.25. The van der Waals surface area contributed by atoms with Crippen molar-refractivity contribution in [1.82, 2.24) is 0 Å². The first-order chi connectivity index (χ1) is 62.4. The van der Waals surface area contributed by atoms with E-state index in [0.29, 0.717) is 0 Å². The number of furan rings is 3. The number of para-hydroxylation sites is 2. The number of hydrogen-bond acceptors (Lipinski definition) is 6. The van der Waals surface area contributed by atoms with Crippen LogP contribution in [0.5, 0.6) is 0 Å². The molecule has 22 aromatic carbocycles. The SMILES string of the molecule is c1cc(-c2cccc3oc4c5ccccc5ccc4c23)cc(N(c2ccc(-c3ccc4c(ccc5c(-c6ccc(-c7ccc(N(c8ccc(-c9ccc%10c(ccc%11ccccc%11%10)c9)cc8)c8cccc(-c9cccc%10oc%11c%12ccccc%12ccc%11c9%10)c8)cc7)c7c6sc6ccccc67)cccc54)c3)cc2)c2ccc(-c3cccc4c3oc3ccccc34)cc2)c1. The van der Waals surface area contributed by atoms with Crippen LogP contribution in [0.1, 0.15) is 0 Å². The third-order valence-electron chi connectivity index (χ3n) is 26.2. The third kappa shape index (κ3) is 11.5. The lowest BCUT2D eigenvalue weighted by Gasteiger charge is -2.26. The molecule has 0 atom stereocenters. The van der Waals surface area contributed by atoms with Crippen LogP contribution in [-0.2, 0) is 0 Å². The summed E-state index contributed by atoms with van der Waals surface area (Å²) in [6, 6.07) is 160. The van der Waals surface area contributed by atoms with Gasteiger partial charge in [0.25, 0.3) is 0 Å². The van der Waals surface area contributed by atoms with Crippen LogP contribution >= 0.6 is 11.3 Å². The molecule has 0 spiro atoms. The minimum Gasteiger partial charge on any atom is -0.455 e. The summed E-state index contributed by atoms with van der Waals surface area (Å²) >= 11 is 1.89. The van der Waals surface area contributed by atoms with Gasteiger partial charge in [0.1, 0.15) is 33.5 Å². The highest BCUT2D eigenvalue weighted by Crippen LogP contribution is 2.51. The number of rotatable bonds is 13. The van der Waals surface area contributed by atoms with E-state index in [1.165, 1.54) is 85.5 Å². The van der Waals surface area contributed by atoms with E-state index in [4.69, 9.17) is 13.3 Å². The molecule has 0 aliphatic rings. The Labute approximate surface area is 728 Å². The maximum absolute atomic E-state index is 6.75. The quantitative estimate of drug-likeness (QED) is 0.108. The molecule has 6 heteroatoms. The number of fused-ring (bicyclic) bond motifs is 22. The van der Waals surface area contributed by atoms with Gasteiger partial charge in [-0.3, -0.25) is 0 Å². The maximum atomic E-state index is 6.75. The number of hydrogen-bond donors (Lipinski definition) is 0. The molecule has 5 nitrogen and oxygen atoms in total. The van der Waals surface area contributed by atoms with Gasteiger partial charge in [-0.25, -0.2) is 0 Å². The molecule has 0 unspecified atom stereocenters. The molecule has 0 amide bonds. The Balaban J connectivity index is 0.540. The van der Waals surface area contributed by atoms with Crippen molar-refractivity contribution in [1.29, 1.82) is 0 Å². The summed E-state index contributed by atoms with van der Waals surface area (Å²) in [6.07, 6.45) is 0. The Morgan fingerprint density at radius 1 is 0.167 bits per heavy atom. The normalized spacial score (nSPS) is 12.0. The third-order valence-corrected chi connectivity index (χ3v) is 27.4. The van der Waals surface area contributed by atoms with E-state index in [-0.39, 0.29) is 0 Å². The van der Waals surface area contributed by atoms with Gasteiger partial charge in [-0.15, -0.1) is 11.3 Å². The summed E-state index contributed by atoms with van der Waals surface area (Å²) in [7, 11) is 0. The monoisotopic (exact) mass is 1620 g/mol. The Bertz CT molecular complexity index is 8980. The smallest absolute Gasteiger partial charge is 0.143 e. The number of nitrogens with zero attached hydrogens (tertiary/aromatic N) is 2. The minimum atomic E-state index is 0.868. The fourth-order valence-electron chi connectivity index (χ4n) is 20.3. The van der Waals surface area contributed by atoms with E-state index in [9.17, 15) is 0 Å². The Morgan fingerprint density at radius 3 is 1.13 bits per heavy atom. The first-order valence-corrected chi connectivity index (χ1v) is 43.9. The molecule has 0 saturated carbocycles. The van der Waals surface area contributed by atoms with Crippen molar-refractivity contribution < 1.29 is 13.3 Å². The number of anilines is 6. The predicted octanol–water partition coefficient (Wildman–Crippen LogP) is 35.3. The van der Waals surface area contributed by atoms with Crippen molar-refractivity contribution in [2.24, 2.45) is 0 Å². The van der Waals surface area contributed by atoms with Crippen molar-refractivity contribution in [2.75, 3.05) is 9.80 Å². The van der Waals surface area contributed by atoms with Gasteiger partial charge < -0.3 is 23.1 Å². The second-order valence-corrected chi connectivity index (χ2v) is 34.3. The molecule has 0 N–H and O–H groups in total. The zero-order valence-corrected chi connectivity index (χ0v) is 68.9. The van der Waals surface area contributed by atoms with Gasteiger partial charge >= 0.3 is 0 Å². The molecule has 0 radical (unpaired) electrons. The van der Waals surface area contributed by atoms with Gasteiger partial charge in [-0.05, 0) is 242 Å². The zero-order valence-electron chi connectivity index (χ0n) is 68.1. The zero-order chi connectivity index (χ0) is 82.6. The van der Waals surface area contributed by atoms with Crippen LogP contribution in [0.4, 0.5) is 34.1 Å². The van der Waals surface area contributed by atoms with Crippen molar-refractivity contribution in [2.45, 2.75) is 0 Å². The van der Waals surface area contributed by atoms with Crippen LogP contribution in [0.3, 0.4) is 0 Å². The lowest BCUT2D eigenvalue weighted by atomic mass is 9.91. The fourth-order valence-corrected chi connectivity index (χ4v) is 21.5. The molecule has 0 aliphatic carbocycles. The van der Waals surface area contributed by atoms with E-state index in [0.717, 1.165) is 177 Å². The average Bonchev–Trinajstić information content (AvgIpc) is 1.55. The molecule has 4 aromatic heterocycles. The lowest BCUT2D eigenvalue weighted by Crippen LogP contribution is -2.10. The summed E-state index contributed by atoms with van der Waals surface area (Å²) in [6.45, 7) is 0. The van der Waals surface area contributed by atoms with E-state index in [1.54, 1.807) is 0 Å². The first kappa shape index (κ1) is 71.4. The molecular weight excluding hydrogens is 1550 g/mol. The van der Waals surface area contributed by atoms with E-state index in [2.05, 4.69) is 434 Å². The van der Waals surface area contributed by atoms with Gasteiger partial charge in [0.15, 0.2) is 0 Å². The van der Waals surface area contributed by atoms with Crippen LogP contribution in [-0.4, -0.2) is 0 Å². The standard InChI is InChI=1S/C120H72N2O3S/c1-4-24-92-75(17-1)39-40-84-69-80(51-62-93(84)92)73-41-54-86(55-42-73)121(90-22-11-20-82(71-90)95-29-15-36-111-114(95)108-65-49-76-18-2-5-25-98(76)118(108)124-111)88-58-45-78(46-59-88)97-67-68-106(120-116(97)107-28-8-10-38-113(107)126-120)102-33-14-32-101-94-63-52-81(70-85(94)53-64-103(101)102)74-43-56-87(57-44-74)122(89-60-47-79(48-61-89)100-31-13-34-105-104-27-7-9-35-110(104)123-117(100)105)91-23-12-21-83(72-91)96-30-16-37-112-115(96)109-66-50-77-19-3-6-26-99(77)119(109)125-112/h1-72H. The van der Waals surface area contributed by atoms with Gasteiger partial charge in [0.2, 0.25) is 0 Å². The molecule has 0 fully saturated rings. The van der Waals surface area contributed by atoms with Crippen LogP contribution in [0, 0.1) is 0 Å². The predicted molar refractivity (Wildman–Crippen MR) is 534 cm³/mol. The van der Waals surface area contributed by atoms with Gasteiger partial charge in [-0.2, -0.15) is 0 Å². The largest absolute Gasteiger partial charge is 0.455 e. The van der Waals surface area contributed by atoms with Crippen LogP contribution < -0.4 is 9.80 Å². The second-order valence-electron chi connectivity index (χ2n) is 33.2. The maximum Gasteiger partial charge on any atom is 0.143 e. The van der Waals surface area contributed by atoms with Crippen LogP contribution in [0.25, 0.3) is 229 Å². The van der Waals surface area contributed by atoms with Gasteiger partial charge in [-0.1, -0.05) is 315 Å². The summed E-state index contributed by atoms with van der Waals surface area (Å²) in [5, 5.41) is 23.6. The van der Waals surface area contributed by atoms with Crippen molar-refractivity contribution in [3.05, 3.63) is 437 Å². The van der Waals surface area contributed by atoms with Gasteiger partial charge in [0, 0.05) is 109 Å². The highest BCUT2D eigenvalue weighted by atomic mass is 32.1. The topological polar surface area (TPSA) is 45.9 Å². The average molecular weight is 1620 g/mol. The van der Waals surface area contributed by atoms with E-state index >= 15 is 0 Å². The highest BCUT2D eigenvalue weighted by molar-refractivity contribution is 7.26. The Hall–Kier alpha value is -16.4. The number of thiophene rings is 1. The molecule has 126 heavy (non-hydrogen) atoms. The Kier molecular flexibility index (Phi) is 16.2. The molecule has 26 rings (SSSR count).